The summed E-state index contributed by atoms with van der Waals surface area (Å²) in [5.74, 6) is 0.825. The molecule has 0 radical (unpaired) electrons. The van der Waals surface area contributed by atoms with Crippen LogP contribution in [0.5, 0.6) is 0 Å². The number of aromatic nitrogens is 3. The van der Waals surface area contributed by atoms with Gasteiger partial charge in [-0.25, -0.2) is 13.4 Å². The van der Waals surface area contributed by atoms with Crippen molar-refractivity contribution in [2.75, 3.05) is 16.8 Å². The standard InChI is InChI=1S/C9H13ClN4O2S/c1-6-8(10)13-14-9(11-6)12-7-2-4-17(15,16)5-3-7/h7H,2-5H2,1H3,(H,11,12,14). The maximum absolute atomic E-state index is 11.3. The van der Waals surface area contributed by atoms with Crippen LogP contribution < -0.4 is 5.32 Å². The Kier molecular flexibility index (Phi) is 3.48. The fraction of sp³-hybridized carbons (Fsp3) is 0.667. The first-order valence-electron chi connectivity index (χ1n) is 5.30. The molecule has 2 rings (SSSR count). The molecular formula is C9H13ClN4O2S. The van der Waals surface area contributed by atoms with E-state index in [9.17, 15) is 8.42 Å². The highest BCUT2D eigenvalue weighted by Gasteiger charge is 2.24. The van der Waals surface area contributed by atoms with Gasteiger partial charge in [-0.3, -0.25) is 0 Å². The van der Waals surface area contributed by atoms with Gasteiger partial charge in [0.1, 0.15) is 9.84 Å². The monoisotopic (exact) mass is 276 g/mol. The van der Waals surface area contributed by atoms with Crippen molar-refractivity contribution in [2.45, 2.75) is 25.8 Å². The minimum atomic E-state index is -2.84. The highest BCUT2D eigenvalue weighted by Crippen LogP contribution is 2.16. The summed E-state index contributed by atoms with van der Waals surface area (Å²) in [6, 6.07) is 0.0842. The molecule has 1 aliphatic rings. The highest BCUT2D eigenvalue weighted by atomic mass is 35.5. The zero-order valence-electron chi connectivity index (χ0n) is 9.35. The second kappa shape index (κ2) is 4.73. The largest absolute Gasteiger partial charge is 0.350 e. The van der Waals surface area contributed by atoms with Crippen LogP contribution in [0.25, 0.3) is 0 Å². The van der Waals surface area contributed by atoms with Crippen molar-refractivity contribution in [3.63, 3.8) is 0 Å². The third-order valence-electron chi connectivity index (χ3n) is 2.69. The molecule has 0 bridgehead atoms. The van der Waals surface area contributed by atoms with E-state index >= 15 is 0 Å². The van der Waals surface area contributed by atoms with Crippen molar-refractivity contribution in [3.05, 3.63) is 10.8 Å². The average Bonchev–Trinajstić information content (AvgIpc) is 2.27. The molecule has 1 aromatic heterocycles. The topological polar surface area (TPSA) is 84.8 Å². The molecule has 94 valence electrons. The molecule has 2 heterocycles. The Labute approximate surface area is 105 Å². The van der Waals surface area contributed by atoms with Crippen LogP contribution in [0.1, 0.15) is 18.5 Å². The summed E-state index contributed by atoms with van der Waals surface area (Å²) in [5.41, 5.74) is 0.604. The van der Waals surface area contributed by atoms with Crippen LogP contribution in [-0.2, 0) is 9.84 Å². The first-order chi connectivity index (χ1) is 7.96. The van der Waals surface area contributed by atoms with Gasteiger partial charge < -0.3 is 5.32 Å². The first-order valence-corrected chi connectivity index (χ1v) is 7.50. The molecule has 0 spiro atoms. The zero-order valence-corrected chi connectivity index (χ0v) is 10.9. The van der Waals surface area contributed by atoms with E-state index in [1.807, 2.05) is 0 Å². The lowest BCUT2D eigenvalue weighted by Crippen LogP contribution is -2.32. The second-order valence-electron chi connectivity index (χ2n) is 4.08. The minimum Gasteiger partial charge on any atom is -0.350 e. The third-order valence-corrected chi connectivity index (χ3v) is 4.76. The van der Waals surface area contributed by atoms with Crippen molar-refractivity contribution < 1.29 is 8.42 Å². The number of nitrogens with zero attached hydrogens (tertiary/aromatic N) is 3. The second-order valence-corrected chi connectivity index (χ2v) is 6.74. The number of nitrogens with one attached hydrogen (secondary N) is 1. The summed E-state index contributed by atoms with van der Waals surface area (Å²) in [6.07, 6.45) is 1.15. The molecule has 0 amide bonds. The van der Waals surface area contributed by atoms with Gasteiger partial charge >= 0.3 is 0 Å². The van der Waals surface area contributed by atoms with Crippen molar-refractivity contribution in [2.24, 2.45) is 0 Å². The van der Waals surface area contributed by atoms with Crippen LogP contribution in [0.4, 0.5) is 5.95 Å². The highest BCUT2D eigenvalue weighted by molar-refractivity contribution is 7.91. The number of aryl methyl sites for hydroxylation is 1. The van der Waals surface area contributed by atoms with Gasteiger partial charge in [-0.1, -0.05) is 11.6 Å². The molecule has 1 aromatic rings. The van der Waals surface area contributed by atoms with Gasteiger partial charge in [0.2, 0.25) is 5.95 Å². The van der Waals surface area contributed by atoms with E-state index in [4.69, 9.17) is 11.6 Å². The van der Waals surface area contributed by atoms with Gasteiger partial charge in [0.25, 0.3) is 0 Å². The average molecular weight is 277 g/mol. The number of rotatable bonds is 2. The Morgan fingerprint density at radius 2 is 1.94 bits per heavy atom. The van der Waals surface area contributed by atoms with Crippen LogP contribution in [0.3, 0.4) is 0 Å². The molecule has 17 heavy (non-hydrogen) atoms. The third kappa shape index (κ3) is 3.26. The van der Waals surface area contributed by atoms with Gasteiger partial charge in [0, 0.05) is 6.04 Å². The summed E-state index contributed by atoms with van der Waals surface area (Å²) in [6.45, 7) is 1.74. The molecule has 1 saturated heterocycles. The molecule has 1 N–H and O–H groups in total. The van der Waals surface area contributed by atoms with Crippen molar-refractivity contribution in [1.29, 1.82) is 0 Å². The van der Waals surface area contributed by atoms with Crippen LogP contribution in [-0.4, -0.2) is 41.1 Å². The van der Waals surface area contributed by atoms with E-state index in [1.165, 1.54) is 0 Å². The lowest BCUT2D eigenvalue weighted by molar-refractivity contribution is 0.557. The summed E-state index contributed by atoms with van der Waals surface area (Å²) in [7, 11) is -2.84. The molecule has 1 aliphatic heterocycles. The Balaban J connectivity index is 2.00. The van der Waals surface area contributed by atoms with Gasteiger partial charge in [0.15, 0.2) is 5.15 Å². The first kappa shape index (κ1) is 12.5. The Morgan fingerprint density at radius 1 is 1.29 bits per heavy atom. The van der Waals surface area contributed by atoms with E-state index in [-0.39, 0.29) is 22.7 Å². The number of anilines is 1. The van der Waals surface area contributed by atoms with Gasteiger partial charge in [0.05, 0.1) is 17.2 Å². The predicted molar refractivity (Wildman–Crippen MR) is 64.9 cm³/mol. The lowest BCUT2D eigenvalue weighted by atomic mass is 10.2. The normalized spacial score (nSPS) is 20.1. The van der Waals surface area contributed by atoms with Crippen LogP contribution in [0.15, 0.2) is 0 Å². The van der Waals surface area contributed by atoms with Crippen molar-refractivity contribution >= 4 is 27.4 Å². The predicted octanol–water partition coefficient (Wildman–Crippen LogP) is 0.823. The van der Waals surface area contributed by atoms with Gasteiger partial charge in [-0.15, -0.1) is 10.2 Å². The van der Waals surface area contributed by atoms with E-state index in [1.54, 1.807) is 6.92 Å². The molecule has 0 aliphatic carbocycles. The molecule has 8 heteroatoms. The summed E-state index contributed by atoms with van der Waals surface area (Å²) >= 11 is 5.72. The summed E-state index contributed by atoms with van der Waals surface area (Å²) in [4.78, 5) is 4.14. The SMILES string of the molecule is Cc1nc(NC2CCS(=O)(=O)CC2)nnc1Cl. The van der Waals surface area contributed by atoms with Crippen molar-refractivity contribution in [3.8, 4) is 0 Å². The number of hydrogen-bond acceptors (Lipinski definition) is 6. The number of sulfone groups is 1. The number of hydrogen-bond donors (Lipinski definition) is 1. The summed E-state index contributed by atoms with van der Waals surface area (Å²) < 4.78 is 22.5. The van der Waals surface area contributed by atoms with E-state index in [0.717, 1.165) is 0 Å². The van der Waals surface area contributed by atoms with E-state index < -0.39 is 9.84 Å². The zero-order chi connectivity index (χ0) is 12.5. The maximum atomic E-state index is 11.3. The molecule has 6 nitrogen and oxygen atoms in total. The Morgan fingerprint density at radius 3 is 2.53 bits per heavy atom. The maximum Gasteiger partial charge on any atom is 0.243 e. The fourth-order valence-electron chi connectivity index (χ4n) is 1.67. The van der Waals surface area contributed by atoms with E-state index in [0.29, 0.717) is 24.5 Å². The van der Waals surface area contributed by atoms with Crippen LogP contribution in [0.2, 0.25) is 5.15 Å². The molecule has 0 atom stereocenters. The Hall–Kier alpha value is -0.950. The van der Waals surface area contributed by atoms with Gasteiger partial charge in [-0.2, -0.15) is 0 Å². The summed E-state index contributed by atoms with van der Waals surface area (Å²) in [5, 5.41) is 10.9. The molecule has 0 aromatic carbocycles. The van der Waals surface area contributed by atoms with E-state index in [2.05, 4.69) is 20.5 Å². The lowest BCUT2D eigenvalue weighted by Gasteiger charge is -2.22. The molecule has 0 unspecified atom stereocenters. The number of halogens is 1. The van der Waals surface area contributed by atoms with Crippen LogP contribution >= 0.6 is 11.6 Å². The Bertz CT molecular complexity index is 506. The van der Waals surface area contributed by atoms with Crippen molar-refractivity contribution in [1.82, 2.24) is 15.2 Å². The molecule has 1 fully saturated rings. The quantitative estimate of drug-likeness (QED) is 0.861. The van der Waals surface area contributed by atoms with Crippen LogP contribution in [0, 0.1) is 6.92 Å². The molecule has 0 saturated carbocycles. The smallest absolute Gasteiger partial charge is 0.243 e. The fourth-order valence-corrected chi connectivity index (χ4v) is 3.24. The van der Waals surface area contributed by atoms with Gasteiger partial charge in [-0.05, 0) is 19.8 Å². The minimum absolute atomic E-state index is 0.0842. The molecular weight excluding hydrogens is 264 g/mol.